The lowest BCUT2D eigenvalue weighted by Crippen LogP contribution is -2.41. The van der Waals surface area contributed by atoms with Crippen molar-refractivity contribution in [3.05, 3.63) is 69.5 Å². The number of nitrogens with zero attached hydrogens (tertiary/aromatic N) is 1. The first-order valence-corrected chi connectivity index (χ1v) is 10.5. The first-order chi connectivity index (χ1) is 12.9. The molecule has 0 saturated heterocycles. The Morgan fingerprint density at radius 3 is 2.39 bits per heavy atom. The third-order valence-corrected chi connectivity index (χ3v) is 7.13. The summed E-state index contributed by atoms with van der Waals surface area (Å²) in [6, 6.07) is 6.20. The quantitative estimate of drug-likeness (QED) is 0.411. The number of Topliss-reactive ketones (excluding diaryl/α,β-unsaturated/α-hetero) is 1. The average molecular weight is 441 g/mol. The van der Waals surface area contributed by atoms with Crippen molar-refractivity contribution in [3.63, 3.8) is 0 Å². The number of hydrogen-bond donors (Lipinski definition) is 2. The number of allylic oxidation sites excluding steroid dienone is 2. The van der Waals surface area contributed by atoms with E-state index in [1.807, 2.05) is 0 Å². The minimum atomic E-state index is -4.48. The molecule has 6 nitrogen and oxygen atoms in total. The number of aromatic nitrogens is 2. The first-order valence-electron chi connectivity index (χ1n) is 8.30. The van der Waals surface area contributed by atoms with Crippen LogP contribution in [0.1, 0.15) is 36.8 Å². The van der Waals surface area contributed by atoms with Crippen molar-refractivity contribution < 1.29 is 17.8 Å². The number of nitrogens with one attached hydrogen (secondary N) is 1. The van der Waals surface area contributed by atoms with Gasteiger partial charge in [0.05, 0.1) is 16.1 Å². The zero-order valence-corrected chi connectivity index (χ0v) is 17.7. The van der Waals surface area contributed by atoms with Gasteiger partial charge in [0.15, 0.2) is 5.78 Å². The Bertz CT molecular complexity index is 1120. The normalized spacial score (nSPS) is 25.2. The lowest BCUT2D eigenvalue weighted by Gasteiger charge is -2.39. The molecule has 2 N–H and O–H groups in total. The van der Waals surface area contributed by atoms with Gasteiger partial charge >= 0.3 is 0 Å². The minimum Gasteiger partial charge on any atom is -0.293 e. The molecule has 3 rings (SSSR count). The monoisotopic (exact) mass is 440 g/mol. The Hall–Kier alpha value is -1.93. The Labute approximate surface area is 173 Å². The summed E-state index contributed by atoms with van der Waals surface area (Å²) in [4.78, 5) is 13.6. The van der Waals surface area contributed by atoms with Crippen molar-refractivity contribution in [2.24, 2.45) is 5.41 Å². The van der Waals surface area contributed by atoms with E-state index in [0.717, 1.165) is 0 Å². The topological polar surface area (TPSA) is 100 Å². The average Bonchev–Trinajstić information content (AvgIpc) is 3.11. The van der Waals surface area contributed by atoms with Crippen molar-refractivity contribution in [1.29, 1.82) is 0 Å². The molecule has 2 unspecified atom stereocenters. The molecule has 0 aliphatic heterocycles. The van der Waals surface area contributed by atoms with Crippen LogP contribution < -0.4 is 0 Å². The van der Waals surface area contributed by atoms with Crippen LogP contribution in [-0.4, -0.2) is 33.7 Å². The second kappa shape index (κ2) is 6.84. The van der Waals surface area contributed by atoms with Crippen molar-refractivity contribution in [2.45, 2.75) is 25.5 Å². The summed E-state index contributed by atoms with van der Waals surface area (Å²) in [6.45, 7) is 4.69. The second-order valence-electron chi connectivity index (χ2n) is 7.09. The highest BCUT2D eigenvalue weighted by atomic mass is 35.5. The highest BCUT2D eigenvalue weighted by molar-refractivity contribution is 7.87. The van der Waals surface area contributed by atoms with Gasteiger partial charge in [0.2, 0.25) is 0 Å². The SMILES string of the molecule is CC1=CC(C)(S(=O)(=O)O)C=C(c2ccn[nH]2)C1(C)C(=O)c1ccc(Cl)cc1Cl. The molecule has 0 radical (unpaired) electrons. The van der Waals surface area contributed by atoms with E-state index in [9.17, 15) is 17.8 Å². The predicted octanol–water partition coefficient (Wildman–Crippen LogP) is 4.60. The molecule has 1 aliphatic carbocycles. The van der Waals surface area contributed by atoms with Crippen LogP contribution in [-0.2, 0) is 10.1 Å². The maximum atomic E-state index is 13.6. The molecule has 1 heterocycles. The van der Waals surface area contributed by atoms with Crippen LogP contribution in [0.25, 0.3) is 5.57 Å². The van der Waals surface area contributed by atoms with Gasteiger partial charge in [-0.3, -0.25) is 14.4 Å². The van der Waals surface area contributed by atoms with Gasteiger partial charge in [-0.15, -0.1) is 0 Å². The summed E-state index contributed by atoms with van der Waals surface area (Å²) in [5.74, 6) is -0.332. The molecule has 0 saturated carbocycles. The number of benzene rings is 1. The maximum Gasteiger partial charge on any atom is 0.277 e. The van der Waals surface area contributed by atoms with Crippen LogP contribution in [0.3, 0.4) is 0 Å². The van der Waals surface area contributed by atoms with E-state index < -0.39 is 20.3 Å². The number of carbonyl (C=O) groups is 1. The molecule has 2 atom stereocenters. The van der Waals surface area contributed by atoms with Crippen LogP contribution in [0, 0.1) is 5.41 Å². The Balaban J connectivity index is 2.27. The number of carbonyl (C=O) groups excluding carboxylic acids is 1. The lowest BCUT2D eigenvalue weighted by molar-refractivity contribution is 0.0905. The zero-order chi connectivity index (χ0) is 20.9. The molecule has 0 bridgehead atoms. The Morgan fingerprint density at radius 2 is 1.86 bits per heavy atom. The summed E-state index contributed by atoms with van der Waals surface area (Å²) < 4.78 is 32.1. The van der Waals surface area contributed by atoms with Gasteiger partial charge in [-0.05, 0) is 50.6 Å². The standard InChI is InChI=1S/C19H18Cl2N2O4S/c1-11-9-18(2,28(25,26)27)10-14(16-6-7-22-23-16)19(11,3)17(24)13-5-4-12(20)8-15(13)21/h4-10H,1-3H3,(H,22,23)(H,25,26,27). The fraction of sp³-hybridized carbons (Fsp3) is 0.263. The van der Waals surface area contributed by atoms with E-state index >= 15 is 0 Å². The van der Waals surface area contributed by atoms with Crippen molar-refractivity contribution in [3.8, 4) is 0 Å². The van der Waals surface area contributed by atoms with Gasteiger partial charge in [-0.1, -0.05) is 40.9 Å². The molecule has 0 fully saturated rings. The second-order valence-corrected chi connectivity index (χ2v) is 9.77. The highest BCUT2D eigenvalue weighted by Crippen LogP contribution is 2.49. The predicted molar refractivity (Wildman–Crippen MR) is 109 cm³/mol. The molecule has 0 amide bonds. The van der Waals surface area contributed by atoms with E-state index in [0.29, 0.717) is 21.9 Å². The highest BCUT2D eigenvalue weighted by Gasteiger charge is 2.49. The van der Waals surface area contributed by atoms with Crippen molar-refractivity contribution >= 4 is 44.7 Å². The van der Waals surface area contributed by atoms with Gasteiger partial charge in [0.25, 0.3) is 10.1 Å². The van der Waals surface area contributed by atoms with E-state index in [4.69, 9.17) is 23.2 Å². The van der Waals surface area contributed by atoms with Gasteiger partial charge in [-0.2, -0.15) is 13.5 Å². The number of H-pyrrole nitrogens is 1. The molecule has 148 valence electrons. The molecule has 9 heteroatoms. The molecule has 1 aromatic heterocycles. The van der Waals surface area contributed by atoms with Gasteiger partial charge in [0.1, 0.15) is 4.75 Å². The summed E-state index contributed by atoms with van der Waals surface area (Å²) in [5.41, 5.74) is 0.302. The van der Waals surface area contributed by atoms with Gasteiger partial charge in [-0.25, -0.2) is 0 Å². The summed E-state index contributed by atoms with van der Waals surface area (Å²) in [5, 5.41) is 7.27. The Kier molecular flexibility index (Phi) is 5.08. The number of rotatable bonds is 4. The van der Waals surface area contributed by atoms with Gasteiger partial charge < -0.3 is 0 Å². The maximum absolute atomic E-state index is 13.6. The molecule has 1 aliphatic rings. The molecule has 0 spiro atoms. The van der Waals surface area contributed by atoms with E-state index in [2.05, 4.69) is 10.2 Å². The minimum absolute atomic E-state index is 0.193. The van der Waals surface area contributed by atoms with Crippen LogP contribution in [0.15, 0.2) is 48.2 Å². The van der Waals surface area contributed by atoms with E-state index in [1.165, 1.54) is 37.4 Å². The van der Waals surface area contributed by atoms with Crippen LogP contribution in [0.4, 0.5) is 0 Å². The lowest BCUT2D eigenvalue weighted by atomic mass is 9.65. The summed E-state index contributed by atoms with van der Waals surface area (Å²) in [6.07, 6.45) is 4.24. The molecule has 28 heavy (non-hydrogen) atoms. The fourth-order valence-electron chi connectivity index (χ4n) is 3.41. The largest absolute Gasteiger partial charge is 0.293 e. The van der Waals surface area contributed by atoms with Crippen molar-refractivity contribution in [2.75, 3.05) is 0 Å². The number of hydrogen-bond acceptors (Lipinski definition) is 4. The fourth-order valence-corrected chi connectivity index (χ4v) is 4.49. The van der Waals surface area contributed by atoms with Gasteiger partial charge in [0, 0.05) is 16.8 Å². The van der Waals surface area contributed by atoms with Crippen molar-refractivity contribution in [1.82, 2.24) is 10.2 Å². The summed E-state index contributed by atoms with van der Waals surface area (Å²) in [7, 11) is -4.48. The molecular formula is C19H18Cl2N2O4S. The third-order valence-electron chi connectivity index (χ3n) is 5.24. The molecule has 1 aromatic carbocycles. The third kappa shape index (κ3) is 3.22. The smallest absolute Gasteiger partial charge is 0.277 e. The molecular weight excluding hydrogens is 423 g/mol. The molecule has 2 aromatic rings. The van der Waals surface area contributed by atoms with Crippen LogP contribution >= 0.6 is 23.2 Å². The number of aromatic amines is 1. The first kappa shape index (κ1) is 20.8. The summed E-state index contributed by atoms with van der Waals surface area (Å²) >= 11 is 12.2. The zero-order valence-electron chi connectivity index (χ0n) is 15.3. The van der Waals surface area contributed by atoms with E-state index in [-0.39, 0.29) is 16.4 Å². The number of halogens is 2. The van der Waals surface area contributed by atoms with Crippen LogP contribution in [0.5, 0.6) is 0 Å². The number of ketones is 1. The van der Waals surface area contributed by atoms with Crippen LogP contribution in [0.2, 0.25) is 10.0 Å². The Morgan fingerprint density at radius 1 is 1.18 bits per heavy atom. The van der Waals surface area contributed by atoms with E-state index in [1.54, 1.807) is 26.0 Å².